The van der Waals surface area contributed by atoms with E-state index in [1.807, 2.05) is 57.0 Å². The van der Waals surface area contributed by atoms with Crippen molar-refractivity contribution < 1.29 is 4.74 Å². The maximum absolute atomic E-state index is 5.96. The standard InChI is InChI=1S/C12H26N6O/c1-9(2)14-12(18(7)8)15-10(16(3)4)13-11(19-12)17(5)6/h9,14H,1-8H3/t12-/m1/s1. The fourth-order valence-corrected chi connectivity index (χ4v) is 1.57. The summed E-state index contributed by atoms with van der Waals surface area (Å²) >= 11 is 0. The third-order valence-electron chi connectivity index (χ3n) is 2.55. The first kappa shape index (κ1) is 15.7. The third kappa shape index (κ3) is 3.57. The van der Waals surface area contributed by atoms with Crippen LogP contribution in [-0.4, -0.2) is 81.0 Å². The summed E-state index contributed by atoms with van der Waals surface area (Å²) in [6.07, 6.45) is 0. The van der Waals surface area contributed by atoms with Gasteiger partial charge in [0.2, 0.25) is 5.96 Å². The van der Waals surface area contributed by atoms with Crippen molar-refractivity contribution in [1.29, 1.82) is 0 Å². The molecule has 1 N–H and O–H groups in total. The number of amidine groups is 1. The normalized spacial score (nSPS) is 23.1. The topological polar surface area (TPSA) is 55.7 Å². The van der Waals surface area contributed by atoms with Crippen molar-refractivity contribution >= 4 is 12.0 Å². The second-order valence-corrected chi connectivity index (χ2v) is 5.50. The van der Waals surface area contributed by atoms with Crippen molar-refractivity contribution in [2.45, 2.75) is 25.9 Å². The van der Waals surface area contributed by atoms with Crippen molar-refractivity contribution in [3.63, 3.8) is 0 Å². The quantitative estimate of drug-likeness (QED) is 0.733. The summed E-state index contributed by atoms with van der Waals surface area (Å²) in [5.74, 6) is -0.313. The van der Waals surface area contributed by atoms with Crippen LogP contribution >= 0.6 is 0 Å². The first-order valence-electron chi connectivity index (χ1n) is 6.35. The lowest BCUT2D eigenvalue weighted by molar-refractivity contribution is -0.106. The van der Waals surface area contributed by atoms with Crippen LogP contribution in [0.25, 0.3) is 0 Å². The Hall–Kier alpha value is -1.34. The highest BCUT2D eigenvalue weighted by Crippen LogP contribution is 2.20. The van der Waals surface area contributed by atoms with Gasteiger partial charge >= 0.3 is 5.97 Å². The number of hydrogen-bond acceptors (Lipinski definition) is 7. The van der Waals surface area contributed by atoms with Gasteiger partial charge in [-0.25, -0.2) is 10.2 Å². The summed E-state index contributed by atoms with van der Waals surface area (Å²) in [5, 5.41) is 3.35. The Morgan fingerprint density at radius 3 is 2.00 bits per heavy atom. The lowest BCUT2D eigenvalue weighted by Crippen LogP contribution is -2.62. The van der Waals surface area contributed by atoms with E-state index in [2.05, 4.69) is 29.1 Å². The molecule has 0 saturated carbocycles. The lowest BCUT2D eigenvalue weighted by Gasteiger charge is -2.41. The molecule has 1 aliphatic rings. The number of rotatable bonds is 3. The van der Waals surface area contributed by atoms with Gasteiger partial charge in [-0.1, -0.05) is 0 Å². The fraction of sp³-hybridized carbons (Fsp3) is 0.833. The number of hydrogen-bond donors (Lipinski definition) is 1. The van der Waals surface area contributed by atoms with Crippen molar-refractivity contribution in [2.75, 3.05) is 42.3 Å². The van der Waals surface area contributed by atoms with Gasteiger partial charge in [0, 0.05) is 34.2 Å². The van der Waals surface area contributed by atoms with Crippen LogP contribution in [0.3, 0.4) is 0 Å². The Kier molecular flexibility index (Phi) is 4.75. The first-order chi connectivity index (χ1) is 8.68. The molecule has 0 saturated heterocycles. The zero-order valence-electron chi connectivity index (χ0n) is 13.2. The molecule has 1 rings (SSSR count). The molecule has 1 aliphatic heterocycles. The Morgan fingerprint density at radius 1 is 1.05 bits per heavy atom. The van der Waals surface area contributed by atoms with Gasteiger partial charge < -0.3 is 14.5 Å². The van der Waals surface area contributed by atoms with Gasteiger partial charge in [-0.3, -0.25) is 0 Å². The molecule has 0 amide bonds. The van der Waals surface area contributed by atoms with Crippen LogP contribution in [0.15, 0.2) is 9.98 Å². The minimum absolute atomic E-state index is 0.219. The maximum atomic E-state index is 5.96. The second kappa shape index (κ2) is 5.75. The summed E-state index contributed by atoms with van der Waals surface area (Å²) in [5.41, 5.74) is 0. The summed E-state index contributed by atoms with van der Waals surface area (Å²) in [6.45, 7) is 4.11. The Balaban J connectivity index is 3.22. The van der Waals surface area contributed by atoms with Gasteiger partial charge in [0.25, 0.3) is 6.02 Å². The van der Waals surface area contributed by atoms with Crippen molar-refractivity contribution in [1.82, 2.24) is 20.0 Å². The number of nitrogens with one attached hydrogen (secondary N) is 1. The zero-order chi connectivity index (χ0) is 14.8. The van der Waals surface area contributed by atoms with Crippen LogP contribution < -0.4 is 5.32 Å². The van der Waals surface area contributed by atoms with Crippen molar-refractivity contribution in [2.24, 2.45) is 9.98 Å². The SMILES string of the molecule is CC(C)N[C@]1(N(C)C)N=C(N(C)C)N=C(N(C)C)O1. The van der Waals surface area contributed by atoms with E-state index in [0.717, 1.165) is 0 Å². The number of ether oxygens (including phenoxy) is 1. The van der Waals surface area contributed by atoms with Crippen LogP contribution in [0.2, 0.25) is 0 Å². The van der Waals surface area contributed by atoms with Crippen LogP contribution in [-0.2, 0) is 4.74 Å². The largest absolute Gasteiger partial charge is 0.408 e. The van der Waals surface area contributed by atoms with Crippen LogP contribution in [0.4, 0.5) is 0 Å². The molecule has 1 atom stereocenters. The average Bonchev–Trinajstić information content (AvgIpc) is 2.27. The smallest absolute Gasteiger partial charge is 0.329 e. The fourth-order valence-electron chi connectivity index (χ4n) is 1.57. The molecule has 0 bridgehead atoms. The molecule has 0 radical (unpaired) electrons. The third-order valence-corrected chi connectivity index (χ3v) is 2.55. The monoisotopic (exact) mass is 270 g/mol. The van der Waals surface area contributed by atoms with E-state index < -0.39 is 5.97 Å². The first-order valence-corrected chi connectivity index (χ1v) is 6.35. The maximum Gasteiger partial charge on any atom is 0.329 e. The molecular weight excluding hydrogens is 244 g/mol. The van der Waals surface area contributed by atoms with Gasteiger partial charge in [-0.15, -0.1) is 0 Å². The van der Waals surface area contributed by atoms with Crippen LogP contribution in [0.1, 0.15) is 13.8 Å². The minimum atomic E-state index is -0.935. The second-order valence-electron chi connectivity index (χ2n) is 5.50. The summed E-state index contributed by atoms with van der Waals surface area (Å²) in [6, 6.07) is 0.747. The van der Waals surface area contributed by atoms with Crippen LogP contribution in [0.5, 0.6) is 0 Å². The molecule has 0 unspecified atom stereocenters. The van der Waals surface area contributed by atoms with E-state index in [1.165, 1.54) is 0 Å². The lowest BCUT2D eigenvalue weighted by atomic mass is 10.4. The molecule has 0 spiro atoms. The summed E-state index contributed by atoms with van der Waals surface area (Å²) < 4.78 is 5.96. The Labute approximate surface area is 115 Å². The van der Waals surface area contributed by atoms with E-state index in [9.17, 15) is 0 Å². The molecule has 1 heterocycles. The molecule has 0 aliphatic carbocycles. The van der Waals surface area contributed by atoms with Gasteiger partial charge in [-0.05, 0) is 27.9 Å². The highest BCUT2D eigenvalue weighted by atomic mass is 16.6. The minimum Gasteiger partial charge on any atom is -0.408 e. The van der Waals surface area contributed by atoms with Crippen molar-refractivity contribution in [3.05, 3.63) is 0 Å². The molecule has 7 nitrogen and oxygen atoms in total. The molecule has 0 aromatic carbocycles. The van der Waals surface area contributed by atoms with E-state index in [-0.39, 0.29) is 6.04 Å². The average molecular weight is 270 g/mol. The molecule has 0 aromatic rings. The zero-order valence-corrected chi connectivity index (χ0v) is 13.2. The van der Waals surface area contributed by atoms with E-state index >= 15 is 0 Å². The van der Waals surface area contributed by atoms with Crippen LogP contribution in [0, 0.1) is 0 Å². The molecule has 0 aromatic heterocycles. The van der Waals surface area contributed by atoms with E-state index in [0.29, 0.717) is 12.0 Å². The molecule has 19 heavy (non-hydrogen) atoms. The molecular formula is C12H26N6O. The van der Waals surface area contributed by atoms with E-state index in [4.69, 9.17) is 4.74 Å². The Morgan fingerprint density at radius 2 is 1.63 bits per heavy atom. The Bertz CT molecular complexity index is 374. The van der Waals surface area contributed by atoms with Gasteiger partial charge in [0.1, 0.15) is 0 Å². The predicted octanol–water partition coefficient (Wildman–Crippen LogP) is 0.0227. The molecule has 0 fully saturated rings. The summed E-state index contributed by atoms with van der Waals surface area (Å²) in [4.78, 5) is 14.6. The number of aliphatic imine (C=N–C) groups is 2. The van der Waals surface area contributed by atoms with Gasteiger partial charge in [-0.2, -0.15) is 9.98 Å². The van der Waals surface area contributed by atoms with Gasteiger partial charge in [0.15, 0.2) is 0 Å². The molecule has 7 heteroatoms. The summed E-state index contributed by atoms with van der Waals surface area (Å²) in [7, 11) is 11.5. The molecule has 110 valence electrons. The highest BCUT2D eigenvalue weighted by Gasteiger charge is 2.41. The highest BCUT2D eigenvalue weighted by molar-refractivity contribution is 5.93. The van der Waals surface area contributed by atoms with E-state index in [1.54, 1.807) is 0 Å². The predicted molar refractivity (Wildman–Crippen MR) is 78.0 cm³/mol. The van der Waals surface area contributed by atoms with Gasteiger partial charge in [0.05, 0.1) is 0 Å². The number of nitrogens with zero attached hydrogens (tertiary/aromatic N) is 5. The van der Waals surface area contributed by atoms with Crippen molar-refractivity contribution in [3.8, 4) is 0 Å². The number of guanidine groups is 1.